The van der Waals surface area contributed by atoms with Crippen LogP contribution in [-0.2, 0) is 11.2 Å². The highest BCUT2D eigenvalue weighted by Gasteiger charge is 2.07. The summed E-state index contributed by atoms with van der Waals surface area (Å²) in [6.07, 6.45) is 0.680. The van der Waals surface area contributed by atoms with Crippen molar-refractivity contribution in [3.8, 4) is 11.5 Å². The number of rotatable bonds is 8. The van der Waals surface area contributed by atoms with E-state index in [-0.39, 0.29) is 16.7 Å². The van der Waals surface area contributed by atoms with E-state index < -0.39 is 5.82 Å². The molecule has 0 saturated carbocycles. The second-order valence-corrected chi connectivity index (χ2v) is 6.61. The molecule has 134 valence electrons. The molecule has 0 aliphatic rings. The van der Waals surface area contributed by atoms with Gasteiger partial charge in [-0.25, -0.2) is 4.39 Å². The molecular formula is C18H19ClFNO3S. The molecule has 2 rings (SSSR count). The Balaban J connectivity index is 1.77. The molecule has 0 aliphatic carbocycles. The van der Waals surface area contributed by atoms with Gasteiger partial charge < -0.3 is 14.8 Å². The standard InChI is InChI=1S/C18H19ClFNO3S/c1-23-16-6-3-12(9-17(16)24-2)7-8-21-18(22)11-25-13-4-5-15(20)14(19)10-13/h3-6,9-10H,7-8,11H2,1-2H3,(H,21,22). The van der Waals surface area contributed by atoms with Gasteiger partial charge in [0.25, 0.3) is 0 Å². The second-order valence-electron chi connectivity index (χ2n) is 5.15. The number of nitrogens with one attached hydrogen (secondary N) is 1. The first-order chi connectivity index (χ1) is 12.0. The predicted molar refractivity (Wildman–Crippen MR) is 98.4 cm³/mol. The fourth-order valence-electron chi connectivity index (χ4n) is 2.15. The maximum absolute atomic E-state index is 13.1. The average molecular weight is 384 g/mol. The summed E-state index contributed by atoms with van der Waals surface area (Å²) in [5.74, 6) is 1.02. The Morgan fingerprint density at radius 1 is 1.16 bits per heavy atom. The third-order valence-corrected chi connectivity index (χ3v) is 4.73. The van der Waals surface area contributed by atoms with Gasteiger partial charge in [-0.05, 0) is 42.3 Å². The summed E-state index contributed by atoms with van der Waals surface area (Å²) in [6.45, 7) is 0.513. The highest BCUT2D eigenvalue weighted by molar-refractivity contribution is 8.00. The minimum Gasteiger partial charge on any atom is -0.493 e. The molecule has 25 heavy (non-hydrogen) atoms. The first-order valence-electron chi connectivity index (χ1n) is 7.59. The smallest absolute Gasteiger partial charge is 0.230 e. The van der Waals surface area contributed by atoms with Crippen LogP contribution in [0.1, 0.15) is 5.56 Å². The number of methoxy groups -OCH3 is 2. The lowest BCUT2D eigenvalue weighted by atomic mass is 10.1. The van der Waals surface area contributed by atoms with E-state index in [1.165, 1.54) is 23.9 Å². The number of hydrogen-bond acceptors (Lipinski definition) is 4. The van der Waals surface area contributed by atoms with Crippen LogP contribution in [0.15, 0.2) is 41.3 Å². The Hall–Kier alpha value is -1.92. The first-order valence-corrected chi connectivity index (χ1v) is 8.95. The van der Waals surface area contributed by atoms with Crippen LogP contribution in [-0.4, -0.2) is 32.4 Å². The van der Waals surface area contributed by atoms with Gasteiger partial charge in [-0.15, -0.1) is 11.8 Å². The summed E-state index contributed by atoms with van der Waals surface area (Å²) < 4.78 is 23.5. The van der Waals surface area contributed by atoms with Crippen molar-refractivity contribution < 1.29 is 18.7 Å². The maximum Gasteiger partial charge on any atom is 0.230 e. The molecule has 1 amide bonds. The monoisotopic (exact) mass is 383 g/mol. The van der Waals surface area contributed by atoms with Crippen LogP contribution in [0, 0.1) is 5.82 Å². The van der Waals surface area contributed by atoms with Gasteiger partial charge in [0, 0.05) is 11.4 Å². The molecule has 0 unspecified atom stereocenters. The van der Waals surface area contributed by atoms with E-state index in [1.54, 1.807) is 20.3 Å². The zero-order valence-corrected chi connectivity index (χ0v) is 15.5. The summed E-state index contributed by atoms with van der Waals surface area (Å²) in [7, 11) is 3.17. The molecule has 4 nitrogen and oxygen atoms in total. The maximum atomic E-state index is 13.1. The quantitative estimate of drug-likeness (QED) is 0.701. The minimum absolute atomic E-state index is 0.0545. The van der Waals surface area contributed by atoms with E-state index in [9.17, 15) is 9.18 Å². The molecule has 0 bridgehead atoms. The van der Waals surface area contributed by atoms with Crippen molar-refractivity contribution in [3.05, 3.63) is 52.8 Å². The van der Waals surface area contributed by atoms with E-state index >= 15 is 0 Å². The highest BCUT2D eigenvalue weighted by Crippen LogP contribution is 2.27. The van der Waals surface area contributed by atoms with Gasteiger partial charge in [-0.1, -0.05) is 17.7 Å². The molecule has 0 aromatic heterocycles. The zero-order chi connectivity index (χ0) is 18.2. The van der Waals surface area contributed by atoms with Crippen molar-refractivity contribution in [2.45, 2.75) is 11.3 Å². The number of carbonyl (C=O) groups is 1. The summed E-state index contributed by atoms with van der Waals surface area (Å²) in [6, 6.07) is 10.1. The van der Waals surface area contributed by atoms with Crippen LogP contribution in [0.2, 0.25) is 5.02 Å². The van der Waals surface area contributed by atoms with Gasteiger partial charge in [-0.3, -0.25) is 4.79 Å². The van der Waals surface area contributed by atoms with E-state index in [4.69, 9.17) is 21.1 Å². The van der Waals surface area contributed by atoms with E-state index in [2.05, 4.69) is 5.32 Å². The van der Waals surface area contributed by atoms with Crippen LogP contribution in [0.5, 0.6) is 11.5 Å². The summed E-state index contributed by atoms with van der Waals surface area (Å²) >= 11 is 7.03. The Bertz CT molecular complexity index is 742. The predicted octanol–water partition coefficient (Wildman–Crippen LogP) is 3.95. The first kappa shape index (κ1) is 19.4. The lowest BCUT2D eigenvalue weighted by molar-refractivity contribution is -0.118. The van der Waals surface area contributed by atoms with Crippen LogP contribution < -0.4 is 14.8 Å². The van der Waals surface area contributed by atoms with Gasteiger partial charge in [0.05, 0.1) is 25.0 Å². The Morgan fingerprint density at radius 2 is 1.92 bits per heavy atom. The fourth-order valence-corrected chi connectivity index (χ4v) is 3.16. The molecule has 0 aliphatic heterocycles. The van der Waals surface area contributed by atoms with Gasteiger partial charge >= 0.3 is 0 Å². The Labute approximate surface area is 155 Å². The van der Waals surface area contributed by atoms with Crippen molar-refractivity contribution >= 4 is 29.3 Å². The summed E-state index contributed by atoms with van der Waals surface area (Å²) in [5, 5.41) is 2.91. The largest absolute Gasteiger partial charge is 0.493 e. The molecule has 0 fully saturated rings. The molecule has 0 radical (unpaired) electrons. The third-order valence-electron chi connectivity index (χ3n) is 3.44. The molecule has 7 heteroatoms. The molecule has 0 atom stereocenters. The molecule has 1 N–H and O–H groups in total. The SMILES string of the molecule is COc1ccc(CCNC(=O)CSc2ccc(F)c(Cl)c2)cc1OC. The van der Waals surface area contributed by atoms with Crippen molar-refractivity contribution in [1.29, 1.82) is 0 Å². The van der Waals surface area contributed by atoms with E-state index in [1.807, 2.05) is 18.2 Å². The van der Waals surface area contributed by atoms with Gasteiger partial charge in [-0.2, -0.15) is 0 Å². The van der Waals surface area contributed by atoms with Crippen LogP contribution in [0.4, 0.5) is 4.39 Å². The number of hydrogen-bond donors (Lipinski definition) is 1. The molecule has 0 spiro atoms. The van der Waals surface area contributed by atoms with Crippen molar-refractivity contribution in [2.24, 2.45) is 0 Å². The molecular weight excluding hydrogens is 365 g/mol. The summed E-state index contributed by atoms with van der Waals surface area (Å²) in [4.78, 5) is 12.6. The lowest BCUT2D eigenvalue weighted by Gasteiger charge is -2.10. The van der Waals surface area contributed by atoms with Crippen molar-refractivity contribution in [1.82, 2.24) is 5.32 Å². The molecule has 2 aromatic carbocycles. The topological polar surface area (TPSA) is 47.6 Å². The molecule has 0 saturated heterocycles. The molecule has 2 aromatic rings. The van der Waals surface area contributed by atoms with Crippen molar-refractivity contribution in [3.63, 3.8) is 0 Å². The number of ether oxygens (including phenoxy) is 2. The van der Waals surface area contributed by atoms with Gasteiger partial charge in [0.1, 0.15) is 5.82 Å². The third kappa shape index (κ3) is 5.83. The number of halogens is 2. The van der Waals surface area contributed by atoms with Crippen molar-refractivity contribution in [2.75, 3.05) is 26.5 Å². The Morgan fingerprint density at radius 3 is 2.60 bits per heavy atom. The normalized spacial score (nSPS) is 10.4. The number of carbonyl (C=O) groups excluding carboxylic acids is 1. The zero-order valence-electron chi connectivity index (χ0n) is 14.0. The molecule has 0 heterocycles. The van der Waals surface area contributed by atoms with Gasteiger partial charge in [0.15, 0.2) is 11.5 Å². The number of thioether (sulfide) groups is 1. The highest BCUT2D eigenvalue weighted by atomic mass is 35.5. The Kier molecular flexibility index (Phi) is 7.40. The fraction of sp³-hybridized carbons (Fsp3) is 0.278. The minimum atomic E-state index is -0.467. The average Bonchev–Trinajstić information content (AvgIpc) is 2.62. The summed E-state index contributed by atoms with van der Waals surface area (Å²) in [5.41, 5.74) is 1.04. The van der Waals surface area contributed by atoms with E-state index in [0.29, 0.717) is 24.5 Å². The number of benzene rings is 2. The van der Waals surface area contributed by atoms with Crippen LogP contribution in [0.25, 0.3) is 0 Å². The van der Waals surface area contributed by atoms with Gasteiger partial charge in [0.2, 0.25) is 5.91 Å². The van der Waals surface area contributed by atoms with Crippen LogP contribution >= 0.6 is 23.4 Å². The van der Waals surface area contributed by atoms with Crippen LogP contribution in [0.3, 0.4) is 0 Å². The van der Waals surface area contributed by atoms with E-state index in [0.717, 1.165) is 10.5 Å². The lowest BCUT2D eigenvalue weighted by Crippen LogP contribution is -2.27. The second kappa shape index (κ2) is 9.53. The number of amides is 1.